The van der Waals surface area contributed by atoms with Gasteiger partial charge in [0, 0.05) is 11.8 Å². The average Bonchev–Trinajstić information content (AvgIpc) is 2.89. The van der Waals surface area contributed by atoms with Crippen molar-refractivity contribution in [2.45, 2.75) is 31.9 Å². The van der Waals surface area contributed by atoms with E-state index in [1.165, 1.54) is 18.3 Å². The Balaban J connectivity index is 1.77. The normalized spacial score (nSPS) is 17.1. The maximum atomic E-state index is 13.9. The summed E-state index contributed by atoms with van der Waals surface area (Å²) >= 11 is 0. The van der Waals surface area contributed by atoms with Gasteiger partial charge in [0.25, 0.3) is 12.3 Å². The number of rotatable bonds is 4. The zero-order valence-electron chi connectivity index (χ0n) is 12.7. The first-order valence-electron chi connectivity index (χ1n) is 7.58. The largest absolute Gasteiger partial charge is 0.490 e. The first-order chi connectivity index (χ1) is 11.5. The third-order valence-corrected chi connectivity index (χ3v) is 3.76. The summed E-state index contributed by atoms with van der Waals surface area (Å²) < 4.78 is 45.0. The topological polar surface area (TPSA) is 56.1 Å². The van der Waals surface area contributed by atoms with Crippen molar-refractivity contribution in [3.8, 4) is 5.75 Å². The minimum absolute atomic E-state index is 0.0405. The third-order valence-electron chi connectivity index (χ3n) is 3.76. The molecule has 24 heavy (non-hydrogen) atoms. The number of nitrogens with one attached hydrogen (secondary N) is 1. The molecule has 3 rings (SSSR count). The van der Waals surface area contributed by atoms with Gasteiger partial charge in [-0.25, -0.2) is 13.2 Å². The minimum atomic E-state index is -2.55. The van der Waals surface area contributed by atoms with Gasteiger partial charge in [0.2, 0.25) is 0 Å². The molecule has 0 spiro atoms. The highest BCUT2D eigenvalue weighted by molar-refractivity contribution is 5.92. The number of halogens is 3. The van der Waals surface area contributed by atoms with E-state index in [4.69, 9.17) is 4.74 Å². The van der Waals surface area contributed by atoms with Crippen LogP contribution >= 0.6 is 0 Å². The van der Waals surface area contributed by atoms with Gasteiger partial charge in [0.1, 0.15) is 12.2 Å². The molecule has 2 aromatic rings. The number of nitrogens with zero attached hydrogens (tertiary/aromatic N) is 2. The Morgan fingerprint density at radius 3 is 3.04 bits per heavy atom. The van der Waals surface area contributed by atoms with Crippen molar-refractivity contribution in [1.29, 1.82) is 0 Å². The number of amides is 1. The second-order valence-electron chi connectivity index (χ2n) is 5.49. The third kappa shape index (κ3) is 3.52. The number of alkyl halides is 2. The van der Waals surface area contributed by atoms with Crippen LogP contribution in [0.3, 0.4) is 0 Å². The molecule has 1 atom stereocenters. The molecule has 1 unspecified atom stereocenters. The Morgan fingerprint density at radius 2 is 2.25 bits per heavy atom. The van der Waals surface area contributed by atoms with Crippen LogP contribution in [0.25, 0.3) is 0 Å². The monoisotopic (exact) mass is 339 g/mol. The fourth-order valence-corrected chi connectivity index (χ4v) is 2.68. The average molecular weight is 339 g/mol. The molecule has 1 N–H and O–H groups in total. The minimum Gasteiger partial charge on any atom is -0.490 e. The molecular formula is C16H16F3N3O2. The van der Waals surface area contributed by atoms with Crippen molar-refractivity contribution in [1.82, 2.24) is 15.1 Å². The summed E-state index contributed by atoms with van der Waals surface area (Å²) in [5.41, 5.74) is 0.603. The molecular weight excluding hydrogens is 323 g/mol. The maximum Gasteiger partial charge on any atom is 0.272 e. The second kappa shape index (κ2) is 6.94. The molecule has 1 aliphatic heterocycles. The van der Waals surface area contributed by atoms with E-state index in [0.29, 0.717) is 25.0 Å². The van der Waals surface area contributed by atoms with Crippen LogP contribution in [0.4, 0.5) is 13.2 Å². The van der Waals surface area contributed by atoms with E-state index in [0.717, 1.165) is 4.68 Å². The summed E-state index contributed by atoms with van der Waals surface area (Å²) in [7, 11) is 0. The summed E-state index contributed by atoms with van der Waals surface area (Å²) in [6.45, 7) is -0.206. The quantitative estimate of drug-likeness (QED) is 0.932. The van der Waals surface area contributed by atoms with Gasteiger partial charge in [-0.3, -0.25) is 9.48 Å². The van der Waals surface area contributed by atoms with E-state index in [2.05, 4.69) is 10.4 Å². The smallest absolute Gasteiger partial charge is 0.272 e. The summed E-state index contributed by atoms with van der Waals surface area (Å²) in [6.07, 6.45) is 0.0126. The Bertz CT molecular complexity index is 733. The number of carbonyl (C=O) groups excluding carboxylic acids is 1. The predicted octanol–water partition coefficient (Wildman–Crippen LogP) is 2.93. The van der Waals surface area contributed by atoms with Gasteiger partial charge >= 0.3 is 0 Å². The van der Waals surface area contributed by atoms with Crippen LogP contribution in [0, 0.1) is 5.82 Å². The number of ether oxygens (including phenoxy) is 1. The van der Waals surface area contributed by atoms with Crippen molar-refractivity contribution < 1.29 is 22.7 Å². The van der Waals surface area contributed by atoms with Gasteiger partial charge in [0.15, 0.2) is 11.6 Å². The van der Waals surface area contributed by atoms with Crippen molar-refractivity contribution in [3.63, 3.8) is 0 Å². The van der Waals surface area contributed by atoms with Gasteiger partial charge in [-0.15, -0.1) is 0 Å². The Morgan fingerprint density at radius 1 is 1.42 bits per heavy atom. The zero-order valence-corrected chi connectivity index (χ0v) is 12.7. The van der Waals surface area contributed by atoms with Gasteiger partial charge < -0.3 is 10.1 Å². The Labute approximate surface area is 136 Å². The lowest BCUT2D eigenvalue weighted by Crippen LogP contribution is -2.29. The van der Waals surface area contributed by atoms with Crippen molar-refractivity contribution in [3.05, 3.63) is 47.5 Å². The summed E-state index contributed by atoms with van der Waals surface area (Å²) in [4.78, 5) is 12.3. The number of hydrogen-bond donors (Lipinski definition) is 1. The first-order valence-corrected chi connectivity index (χ1v) is 7.58. The molecule has 1 aliphatic rings. The standard InChI is InChI=1S/C16H16F3N3O2/c17-11-4-1-3-10-12(5-2-8-24-15(10)11)20-16(23)13-6-7-22(21-13)9-14(18)19/h1,3-4,6-7,12,14H,2,5,8-9H2,(H,20,23). The Kier molecular flexibility index (Phi) is 4.73. The predicted molar refractivity (Wildman–Crippen MR) is 79.6 cm³/mol. The molecule has 0 bridgehead atoms. The highest BCUT2D eigenvalue weighted by Gasteiger charge is 2.24. The summed E-state index contributed by atoms with van der Waals surface area (Å²) in [6, 6.07) is 5.50. The molecule has 2 heterocycles. The van der Waals surface area contributed by atoms with Crippen LogP contribution in [0.2, 0.25) is 0 Å². The number of benzene rings is 1. The molecule has 0 fully saturated rings. The number of carbonyl (C=O) groups is 1. The fraction of sp³-hybridized carbons (Fsp3) is 0.375. The van der Waals surface area contributed by atoms with Crippen LogP contribution in [0.5, 0.6) is 5.75 Å². The van der Waals surface area contributed by atoms with Gasteiger partial charge in [-0.2, -0.15) is 5.10 Å². The van der Waals surface area contributed by atoms with Crippen molar-refractivity contribution in [2.75, 3.05) is 6.61 Å². The molecule has 0 radical (unpaired) electrons. The molecule has 0 aliphatic carbocycles. The van der Waals surface area contributed by atoms with E-state index < -0.39 is 30.7 Å². The first kappa shape index (κ1) is 16.4. The molecule has 8 heteroatoms. The number of para-hydroxylation sites is 1. The summed E-state index contributed by atoms with van der Waals surface area (Å²) in [5, 5.41) is 6.61. The van der Waals surface area contributed by atoms with Crippen LogP contribution in [0.1, 0.15) is 34.9 Å². The summed E-state index contributed by atoms with van der Waals surface area (Å²) in [5.74, 6) is -0.830. The van der Waals surface area contributed by atoms with Crippen LogP contribution in [0.15, 0.2) is 30.5 Å². The van der Waals surface area contributed by atoms with Crippen molar-refractivity contribution >= 4 is 5.91 Å². The van der Waals surface area contributed by atoms with Gasteiger partial charge in [-0.1, -0.05) is 12.1 Å². The SMILES string of the molecule is O=C(NC1CCCOc2c(F)cccc21)c1ccn(CC(F)F)n1. The molecule has 1 aromatic heterocycles. The highest BCUT2D eigenvalue weighted by atomic mass is 19.3. The fourth-order valence-electron chi connectivity index (χ4n) is 2.68. The van der Waals surface area contributed by atoms with E-state index in [-0.39, 0.29) is 11.4 Å². The maximum absolute atomic E-state index is 13.9. The molecule has 0 saturated heterocycles. The van der Waals surface area contributed by atoms with Crippen LogP contribution in [-0.4, -0.2) is 28.7 Å². The molecule has 1 amide bonds. The number of hydrogen-bond acceptors (Lipinski definition) is 3. The number of fused-ring (bicyclic) bond motifs is 1. The van der Waals surface area contributed by atoms with E-state index >= 15 is 0 Å². The van der Waals surface area contributed by atoms with Gasteiger partial charge in [0.05, 0.1) is 12.6 Å². The lowest BCUT2D eigenvalue weighted by atomic mass is 10.0. The van der Waals surface area contributed by atoms with Crippen LogP contribution < -0.4 is 10.1 Å². The van der Waals surface area contributed by atoms with E-state index in [1.807, 2.05) is 0 Å². The lowest BCUT2D eigenvalue weighted by molar-refractivity contribution is 0.0924. The highest BCUT2D eigenvalue weighted by Crippen LogP contribution is 2.33. The molecule has 128 valence electrons. The second-order valence-corrected chi connectivity index (χ2v) is 5.49. The lowest BCUT2D eigenvalue weighted by Gasteiger charge is -2.18. The van der Waals surface area contributed by atoms with Crippen molar-refractivity contribution in [2.24, 2.45) is 0 Å². The molecule has 0 saturated carbocycles. The van der Waals surface area contributed by atoms with Gasteiger partial charge in [-0.05, 0) is 25.0 Å². The number of aromatic nitrogens is 2. The van der Waals surface area contributed by atoms with Crippen LogP contribution in [-0.2, 0) is 6.54 Å². The van der Waals surface area contributed by atoms with E-state index in [1.54, 1.807) is 12.1 Å². The zero-order chi connectivity index (χ0) is 17.1. The molecule has 5 nitrogen and oxygen atoms in total. The molecule has 1 aromatic carbocycles. The Hall–Kier alpha value is -2.51. The van der Waals surface area contributed by atoms with E-state index in [9.17, 15) is 18.0 Å².